The van der Waals surface area contributed by atoms with Gasteiger partial charge in [0.2, 0.25) is 0 Å². The van der Waals surface area contributed by atoms with E-state index in [1.54, 1.807) is 49.4 Å². The van der Waals surface area contributed by atoms with Crippen molar-refractivity contribution in [2.45, 2.75) is 6.92 Å². The molecular weight excluding hydrogens is 465 g/mol. The second-order valence-electron chi connectivity index (χ2n) is 6.22. The third kappa shape index (κ3) is 3.30. The largest absolute Gasteiger partial charge is 0.478 e. The van der Waals surface area contributed by atoms with Crippen LogP contribution in [0.2, 0.25) is 10.0 Å². The van der Waals surface area contributed by atoms with Gasteiger partial charge in [-0.05, 0) is 61.0 Å². The van der Waals surface area contributed by atoms with E-state index in [4.69, 9.17) is 27.6 Å². The monoisotopic (exact) mass is 475 g/mol. The van der Waals surface area contributed by atoms with E-state index in [-0.39, 0.29) is 5.56 Å². The Balaban J connectivity index is 1.91. The van der Waals surface area contributed by atoms with Gasteiger partial charge in [-0.1, -0.05) is 39.1 Å². The van der Waals surface area contributed by atoms with Crippen molar-refractivity contribution >= 4 is 56.0 Å². The van der Waals surface area contributed by atoms with Crippen LogP contribution in [0.5, 0.6) is 0 Å². The van der Waals surface area contributed by atoms with Gasteiger partial charge in [-0.2, -0.15) is 0 Å². The zero-order valence-electron chi connectivity index (χ0n) is 14.5. The fourth-order valence-electron chi connectivity index (χ4n) is 3.15. The molecule has 0 amide bonds. The number of aromatic carboxylic acids is 1. The van der Waals surface area contributed by atoms with Crippen molar-refractivity contribution in [3.8, 4) is 22.8 Å². The van der Waals surface area contributed by atoms with Gasteiger partial charge in [0.15, 0.2) is 5.76 Å². The summed E-state index contributed by atoms with van der Waals surface area (Å²) in [7, 11) is 0. The molecule has 0 fully saturated rings. The van der Waals surface area contributed by atoms with Gasteiger partial charge in [-0.25, -0.2) is 9.78 Å². The molecule has 0 spiro atoms. The molecule has 7 heteroatoms. The van der Waals surface area contributed by atoms with E-state index < -0.39 is 5.97 Å². The SMILES string of the molecule is Cc1c(-c2ccc(-c3ccc(Cl)cc3Cl)o2)nc2ccc(Br)cc2c1C(=O)O. The van der Waals surface area contributed by atoms with E-state index in [1.807, 2.05) is 6.07 Å². The maximum Gasteiger partial charge on any atom is 0.336 e. The minimum absolute atomic E-state index is 0.198. The minimum atomic E-state index is -1.02. The Hall–Kier alpha value is -2.34. The van der Waals surface area contributed by atoms with Gasteiger partial charge < -0.3 is 9.52 Å². The molecular formula is C21H12BrCl2NO3. The Labute approximate surface area is 178 Å². The lowest BCUT2D eigenvalue weighted by Crippen LogP contribution is -2.04. The molecule has 2 aromatic heterocycles. The number of halogens is 3. The summed E-state index contributed by atoms with van der Waals surface area (Å²) in [5, 5.41) is 11.3. The fourth-order valence-corrected chi connectivity index (χ4v) is 4.01. The summed E-state index contributed by atoms with van der Waals surface area (Å²) in [5.41, 5.74) is 2.47. The molecule has 0 aliphatic heterocycles. The molecule has 2 heterocycles. The van der Waals surface area contributed by atoms with Crippen LogP contribution in [0.15, 0.2) is 57.4 Å². The van der Waals surface area contributed by atoms with Gasteiger partial charge in [0, 0.05) is 20.4 Å². The standard InChI is InChI=1S/C21H12BrCl2NO3/c1-10-19(21(26)27)14-8-11(22)2-5-16(14)25-20(10)18-7-6-17(28-18)13-4-3-12(23)9-15(13)24/h2-9H,1H3,(H,26,27). The Bertz CT molecular complexity index is 1250. The zero-order chi connectivity index (χ0) is 20.0. The van der Waals surface area contributed by atoms with Crippen molar-refractivity contribution in [3.63, 3.8) is 0 Å². The van der Waals surface area contributed by atoms with E-state index in [2.05, 4.69) is 20.9 Å². The Morgan fingerprint density at radius 3 is 2.54 bits per heavy atom. The molecule has 0 saturated carbocycles. The molecule has 0 aliphatic carbocycles. The molecule has 4 rings (SSSR count). The maximum atomic E-state index is 11.9. The van der Waals surface area contributed by atoms with E-state index in [0.29, 0.717) is 49.3 Å². The molecule has 28 heavy (non-hydrogen) atoms. The summed E-state index contributed by atoms with van der Waals surface area (Å²) in [6.45, 7) is 1.73. The van der Waals surface area contributed by atoms with Crippen molar-refractivity contribution < 1.29 is 14.3 Å². The van der Waals surface area contributed by atoms with Crippen molar-refractivity contribution in [2.24, 2.45) is 0 Å². The lowest BCUT2D eigenvalue weighted by Gasteiger charge is -2.11. The number of hydrogen-bond acceptors (Lipinski definition) is 3. The predicted molar refractivity (Wildman–Crippen MR) is 114 cm³/mol. The van der Waals surface area contributed by atoms with Gasteiger partial charge in [0.25, 0.3) is 0 Å². The number of rotatable bonds is 3. The van der Waals surface area contributed by atoms with Gasteiger partial charge in [-0.15, -0.1) is 0 Å². The number of benzene rings is 2. The third-order valence-corrected chi connectivity index (χ3v) is 5.48. The summed E-state index contributed by atoms with van der Waals surface area (Å²) < 4.78 is 6.76. The first kappa shape index (κ1) is 19.0. The number of hydrogen-bond donors (Lipinski definition) is 1. The van der Waals surface area contributed by atoms with Crippen molar-refractivity contribution in [2.75, 3.05) is 0 Å². The minimum Gasteiger partial charge on any atom is -0.478 e. The molecule has 4 nitrogen and oxygen atoms in total. The van der Waals surface area contributed by atoms with Gasteiger partial charge in [0.1, 0.15) is 11.5 Å². The number of pyridine rings is 1. The number of carboxylic acid groups (broad SMARTS) is 1. The average Bonchev–Trinajstić information content (AvgIpc) is 3.10. The van der Waals surface area contributed by atoms with Crippen LogP contribution in [0.25, 0.3) is 33.7 Å². The van der Waals surface area contributed by atoms with Gasteiger partial charge >= 0.3 is 5.97 Å². The maximum absolute atomic E-state index is 11.9. The Kier molecular flexibility index (Phi) is 4.91. The first-order valence-corrected chi connectivity index (χ1v) is 9.79. The normalized spacial score (nSPS) is 11.1. The van der Waals surface area contributed by atoms with Crippen molar-refractivity contribution in [1.29, 1.82) is 0 Å². The summed E-state index contributed by atoms with van der Waals surface area (Å²) in [4.78, 5) is 16.6. The molecule has 0 saturated heterocycles. The molecule has 0 aliphatic rings. The van der Waals surface area contributed by atoms with E-state index in [0.717, 1.165) is 4.47 Å². The quantitative estimate of drug-likeness (QED) is 0.338. The number of nitrogens with zero attached hydrogens (tertiary/aromatic N) is 1. The van der Waals surface area contributed by atoms with E-state index >= 15 is 0 Å². The molecule has 0 atom stereocenters. The number of carbonyl (C=O) groups is 1. The number of furan rings is 1. The summed E-state index contributed by atoms with van der Waals surface area (Å²) in [5.74, 6) is -0.00624. The van der Waals surface area contributed by atoms with Crippen molar-refractivity contribution in [1.82, 2.24) is 4.98 Å². The van der Waals surface area contributed by atoms with Gasteiger partial charge in [0.05, 0.1) is 16.1 Å². The van der Waals surface area contributed by atoms with Crippen LogP contribution in [0, 0.1) is 6.92 Å². The molecule has 2 aromatic carbocycles. The number of fused-ring (bicyclic) bond motifs is 1. The predicted octanol–water partition coefficient (Wildman–Crippen LogP) is 7.24. The van der Waals surface area contributed by atoms with Crippen LogP contribution in [0.4, 0.5) is 0 Å². The molecule has 0 bridgehead atoms. The fraction of sp³-hybridized carbons (Fsp3) is 0.0476. The van der Waals surface area contributed by atoms with Crippen LogP contribution in [-0.2, 0) is 0 Å². The Morgan fingerprint density at radius 2 is 1.82 bits per heavy atom. The molecule has 4 aromatic rings. The van der Waals surface area contributed by atoms with E-state index in [9.17, 15) is 9.90 Å². The lowest BCUT2D eigenvalue weighted by molar-refractivity contribution is 0.0698. The smallest absolute Gasteiger partial charge is 0.336 e. The number of carboxylic acids is 1. The summed E-state index contributed by atoms with van der Waals surface area (Å²) >= 11 is 15.6. The summed E-state index contributed by atoms with van der Waals surface area (Å²) in [6.07, 6.45) is 0. The second kappa shape index (κ2) is 7.24. The highest BCUT2D eigenvalue weighted by atomic mass is 79.9. The molecule has 0 unspecified atom stereocenters. The summed E-state index contributed by atoms with van der Waals surface area (Å²) in [6, 6.07) is 14.0. The molecule has 0 radical (unpaired) electrons. The van der Waals surface area contributed by atoms with Crippen LogP contribution in [-0.4, -0.2) is 16.1 Å². The van der Waals surface area contributed by atoms with E-state index in [1.165, 1.54) is 0 Å². The van der Waals surface area contributed by atoms with Crippen LogP contribution < -0.4 is 0 Å². The van der Waals surface area contributed by atoms with Crippen LogP contribution in [0.1, 0.15) is 15.9 Å². The zero-order valence-corrected chi connectivity index (χ0v) is 17.6. The molecule has 140 valence electrons. The van der Waals surface area contributed by atoms with Crippen LogP contribution >= 0.6 is 39.1 Å². The second-order valence-corrected chi connectivity index (χ2v) is 7.97. The number of aromatic nitrogens is 1. The molecule has 1 N–H and O–H groups in total. The average molecular weight is 477 g/mol. The lowest BCUT2D eigenvalue weighted by atomic mass is 10.0. The highest BCUT2D eigenvalue weighted by Gasteiger charge is 2.21. The first-order valence-electron chi connectivity index (χ1n) is 8.24. The van der Waals surface area contributed by atoms with Gasteiger partial charge in [-0.3, -0.25) is 0 Å². The first-order chi connectivity index (χ1) is 13.3. The Morgan fingerprint density at radius 1 is 1.07 bits per heavy atom. The highest BCUT2D eigenvalue weighted by molar-refractivity contribution is 9.10. The third-order valence-electron chi connectivity index (χ3n) is 4.44. The van der Waals surface area contributed by atoms with Crippen molar-refractivity contribution in [3.05, 3.63) is 74.2 Å². The van der Waals surface area contributed by atoms with Crippen LogP contribution in [0.3, 0.4) is 0 Å². The highest BCUT2D eigenvalue weighted by Crippen LogP contribution is 2.36. The topological polar surface area (TPSA) is 63.3 Å².